The van der Waals surface area contributed by atoms with E-state index < -0.39 is 0 Å². The first-order chi connectivity index (χ1) is 8.24. The molecule has 2 N–H and O–H groups in total. The highest BCUT2D eigenvalue weighted by atomic mass is 16.1. The summed E-state index contributed by atoms with van der Waals surface area (Å²) in [5.41, 5.74) is 0. The Morgan fingerprint density at radius 2 is 1.94 bits per heavy atom. The van der Waals surface area contributed by atoms with Crippen molar-refractivity contribution < 1.29 is 4.79 Å². The molecule has 2 unspecified atom stereocenters. The molecule has 2 bridgehead atoms. The van der Waals surface area contributed by atoms with Gasteiger partial charge in [0.25, 0.3) is 0 Å². The van der Waals surface area contributed by atoms with Crippen LogP contribution in [-0.4, -0.2) is 49.1 Å². The molecule has 0 saturated carbocycles. The number of hydrogen-bond acceptors (Lipinski definition) is 3. The first-order valence-electron chi connectivity index (χ1n) is 6.94. The lowest BCUT2D eigenvalue weighted by atomic mass is 9.81. The summed E-state index contributed by atoms with van der Waals surface area (Å²) in [5, 5.41) is 6.32. The van der Waals surface area contributed by atoms with E-state index in [0.29, 0.717) is 24.7 Å². The molecule has 2 heterocycles. The van der Waals surface area contributed by atoms with Gasteiger partial charge in [0.1, 0.15) is 0 Å². The van der Waals surface area contributed by atoms with Crippen molar-refractivity contribution in [1.82, 2.24) is 15.5 Å². The Hall–Kier alpha value is -0.610. The minimum absolute atomic E-state index is 0.156. The lowest BCUT2D eigenvalue weighted by Gasteiger charge is -2.48. The van der Waals surface area contributed by atoms with Gasteiger partial charge in [-0.05, 0) is 32.2 Å². The van der Waals surface area contributed by atoms with Gasteiger partial charge in [0.15, 0.2) is 0 Å². The summed E-state index contributed by atoms with van der Waals surface area (Å²) in [6.07, 6.45) is 6.27. The lowest BCUT2D eigenvalue weighted by Crippen LogP contribution is -2.58. The average Bonchev–Trinajstić information content (AvgIpc) is 2.30. The molecule has 98 valence electrons. The first-order valence-corrected chi connectivity index (χ1v) is 6.94. The van der Waals surface area contributed by atoms with E-state index in [2.05, 4.69) is 22.5 Å². The van der Waals surface area contributed by atoms with Crippen LogP contribution in [0.5, 0.6) is 0 Å². The summed E-state index contributed by atoms with van der Waals surface area (Å²) >= 11 is 0. The van der Waals surface area contributed by atoms with Crippen LogP contribution in [0.2, 0.25) is 0 Å². The molecule has 2 aliphatic heterocycles. The van der Waals surface area contributed by atoms with Gasteiger partial charge in [-0.2, -0.15) is 0 Å². The highest BCUT2D eigenvalue weighted by Crippen LogP contribution is 2.33. The first kappa shape index (κ1) is 12.8. The molecule has 2 rings (SSSR count). The highest BCUT2D eigenvalue weighted by molar-refractivity contribution is 5.77. The zero-order valence-electron chi connectivity index (χ0n) is 11.0. The Labute approximate surface area is 104 Å². The number of piperidine rings is 2. The van der Waals surface area contributed by atoms with Crippen LogP contribution in [0.25, 0.3) is 0 Å². The SMILES string of the molecule is CCNC1CC2CCCC(C1)N2CC(=O)NC. The van der Waals surface area contributed by atoms with Crippen molar-refractivity contribution in [1.29, 1.82) is 0 Å². The molecule has 2 atom stereocenters. The largest absolute Gasteiger partial charge is 0.358 e. The van der Waals surface area contributed by atoms with Gasteiger partial charge in [0.05, 0.1) is 6.54 Å². The van der Waals surface area contributed by atoms with Crippen molar-refractivity contribution in [3.05, 3.63) is 0 Å². The number of hydrogen-bond donors (Lipinski definition) is 2. The Morgan fingerprint density at radius 3 is 2.47 bits per heavy atom. The van der Waals surface area contributed by atoms with E-state index in [0.717, 1.165) is 6.54 Å². The van der Waals surface area contributed by atoms with Gasteiger partial charge >= 0.3 is 0 Å². The van der Waals surface area contributed by atoms with Crippen LogP contribution in [0, 0.1) is 0 Å². The van der Waals surface area contributed by atoms with Gasteiger partial charge in [0, 0.05) is 25.2 Å². The fourth-order valence-corrected chi connectivity index (χ4v) is 3.44. The predicted octanol–water partition coefficient (Wildman–Crippen LogP) is 0.727. The quantitative estimate of drug-likeness (QED) is 0.760. The smallest absolute Gasteiger partial charge is 0.233 e. The summed E-state index contributed by atoms with van der Waals surface area (Å²) in [6.45, 7) is 3.82. The third-order valence-corrected chi connectivity index (χ3v) is 4.22. The van der Waals surface area contributed by atoms with E-state index in [1.165, 1.54) is 32.1 Å². The molecule has 0 aliphatic carbocycles. The molecular formula is C13H25N3O. The maximum absolute atomic E-state index is 11.5. The molecule has 0 aromatic rings. The number of nitrogens with zero attached hydrogens (tertiary/aromatic N) is 1. The second-order valence-electron chi connectivity index (χ2n) is 5.31. The van der Waals surface area contributed by atoms with Crippen LogP contribution in [0.4, 0.5) is 0 Å². The summed E-state index contributed by atoms with van der Waals surface area (Å²) < 4.78 is 0. The standard InChI is InChI=1S/C13H25N3O/c1-3-15-10-7-11-5-4-6-12(8-10)16(11)9-13(17)14-2/h10-12,15H,3-9H2,1-2H3,(H,14,17). The highest BCUT2D eigenvalue weighted by Gasteiger charge is 2.38. The minimum Gasteiger partial charge on any atom is -0.358 e. The Balaban J connectivity index is 1.97. The maximum atomic E-state index is 11.5. The molecule has 0 spiro atoms. The molecule has 2 aliphatic rings. The van der Waals surface area contributed by atoms with Crippen molar-refractivity contribution in [2.75, 3.05) is 20.1 Å². The lowest BCUT2D eigenvalue weighted by molar-refractivity contribution is -0.124. The van der Waals surface area contributed by atoms with E-state index in [9.17, 15) is 4.79 Å². The fourth-order valence-electron chi connectivity index (χ4n) is 3.44. The number of rotatable bonds is 4. The van der Waals surface area contributed by atoms with Gasteiger partial charge in [-0.15, -0.1) is 0 Å². The normalized spacial score (nSPS) is 33.4. The molecule has 0 aromatic heterocycles. The number of likely N-dealkylation sites (N-methyl/N-ethyl adjacent to an activating group) is 1. The molecule has 4 heteroatoms. The van der Waals surface area contributed by atoms with Gasteiger partial charge in [-0.3, -0.25) is 9.69 Å². The molecular weight excluding hydrogens is 214 g/mol. The Kier molecular flexibility index (Phi) is 4.40. The van der Waals surface area contributed by atoms with Gasteiger partial charge in [0.2, 0.25) is 5.91 Å². The number of amides is 1. The van der Waals surface area contributed by atoms with E-state index in [1.54, 1.807) is 7.05 Å². The van der Waals surface area contributed by atoms with E-state index in [1.807, 2.05) is 0 Å². The van der Waals surface area contributed by atoms with E-state index in [4.69, 9.17) is 0 Å². The zero-order valence-corrected chi connectivity index (χ0v) is 11.0. The molecule has 1 amide bonds. The number of fused-ring (bicyclic) bond motifs is 2. The number of carbonyl (C=O) groups excluding carboxylic acids is 1. The van der Waals surface area contributed by atoms with Crippen molar-refractivity contribution >= 4 is 5.91 Å². The Bertz CT molecular complexity index is 255. The van der Waals surface area contributed by atoms with Crippen LogP contribution in [0.3, 0.4) is 0 Å². The Morgan fingerprint density at radius 1 is 1.29 bits per heavy atom. The van der Waals surface area contributed by atoms with Crippen LogP contribution in [0.15, 0.2) is 0 Å². The minimum atomic E-state index is 0.156. The van der Waals surface area contributed by atoms with Crippen LogP contribution in [0.1, 0.15) is 39.0 Å². The van der Waals surface area contributed by atoms with Crippen LogP contribution in [-0.2, 0) is 4.79 Å². The van der Waals surface area contributed by atoms with Crippen molar-refractivity contribution in [3.8, 4) is 0 Å². The fraction of sp³-hybridized carbons (Fsp3) is 0.923. The summed E-state index contributed by atoms with van der Waals surface area (Å²) in [6, 6.07) is 1.89. The molecule has 2 fully saturated rings. The molecule has 2 saturated heterocycles. The van der Waals surface area contributed by atoms with Gasteiger partial charge in [-0.1, -0.05) is 13.3 Å². The van der Waals surface area contributed by atoms with Gasteiger partial charge < -0.3 is 10.6 Å². The number of nitrogens with one attached hydrogen (secondary N) is 2. The summed E-state index contributed by atoms with van der Waals surface area (Å²) in [7, 11) is 1.73. The van der Waals surface area contributed by atoms with Crippen molar-refractivity contribution in [2.45, 2.75) is 57.2 Å². The topological polar surface area (TPSA) is 44.4 Å². The summed E-state index contributed by atoms with van der Waals surface area (Å²) in [5.74, 6) is 0.156. The van der Waals surface area contributed by atoms with Crippen LogP contribution < -0.4 is 10.6 Å². The average molecular weight is 239 g/mol. The number of carbonyl (C=O) groups is 1. The van der Waals surface area contributed by atoms with E-state index in [-0.39, 0.29) is 5.91 Å². The third-order valence-electron chi connectivity index (χ3n) is 4.22. The maximum Gasteiger partial charge on any atom is 0.233 e. The van der Waals surface area contributed by atoms with Gasteiger partial charge in [-0.25, -0.2) is 0 Å². The van der Waals surface area contributed by atoms with Crippen molar-refractivity contribution in [2.24, 2.45) is 0 Å². The monoisotopic (exact) mass is 239 g/mol. The predicted molar refractivity (Wildman–Crippen MR) is 68.9 cm³/mol. The molecule has 0 radical (unpaired) electrons. The third kappa shape index (κ3) is 2.99. The molecule has 0 aromatic carbocycles. The molecule has 4 nitrogen and oxygen atoms in total. The summed E-state index contributed by atoms with van der Waals surface area (Å²) in [4.78, 5) is 14.0. The molecule has 17 heavy (non-hydrogen) atoms. The second-order valence-corrected chi connectivity index (χ2v) is 5.31. The van der Waals surface area contributed by atoms with Crippen molar-refractivity contribution in [3.63, 3.8) is 0 Å². The zero-order chi connectivity index (χ0) is 12.3. The second kappa shape index (κ2) is 5.83. The van der Waals surface area contributed by atoms with E-state index >= 15 is 0 Å². The van der Waals surface area contributed by atoms with Crippen LogP contribution >= 0.6 is 0 Å².